The first-order chi connectivity index (χ1) is 10.6. The molecule has 0 bridgehead atoms. The Morgan fingerprint density at radius 2 is 1.32 bits per heavy atom. The Morgan fingerprint density at radius 3 is 1.73 bits per heavy atom. The molecule has 0 saturated heterocycles. The minimum Gasteiger partial charge on any atom is -0.478 e. The van der Waals surface area contributed by atoms with E-state index in [1.54, 1.807) is 0 Å². The van der Waals surface area contributed by atoms with Crippen molar-refractivity contribution in [2.75, 3.05) is 0 Å². The maximum Gasteiger partial charge on any atom is 0.331 e. The average Bonchev–Trinajstić information content (AvgIpc) is 2.43. The molecule has 4 nitrogen and oxygen atoms in total. The van der Waals surface area contributed by atoms with E-state index in [1.807, 2.05) is 0 Å². The Balaban J connectivity index is 3.53. The molecule has 1 N–H and O–H groups in total. The van der Waals surface area contributed by atoms with Crippen LogP contribution in [-0.2, 0) is 14.3 Å². The molecule has 0 aromatic rings. The molecule has 0 unspecified atom stereocenters. The highest BCUT2D eigenvalue weighted by molar-refractivity contribution is 5.81. The highest BCUT2D eigenvalue weighted by atomic mass is 16.5. The third-order valence-electron chi connectivity index (χ3n) is 3.59. The van der Waals surface area contributed by atoms with Crippen molar-refractivity contribution in [1.29, 1.82) is 0 Å². The number of ether oxygens (including phenoxy) is 1. The van der Waals surface area contributed by atoms with Gasteiger partial charge < -0.3 is 9.84 Å². The van der Waals surface area contributed by atoms with E-state index in [-0.39, 0.29) is 5.76 Å². The normalized spacial score (nSPS) is 11.5. The third-order valence-corrected chi connectivity index (χ3v) is 3.59. The van der Waals surface area contributed by atoms with E-state index in [4.69, 9.17) is 9.84 Å². The van der Waals surface area contributed by atoms with Gasteiger partial charge in [-0.05, 0) is 6.42 Å². The van der Waals surface area contributed by atoms with E-state index >= 15 is 0 Å². The van der Waals surface area contributed by atoms with Crippen LogP contribution in [0.3, 0.4) is 0 Å². The molecular weight excluding hydrogens is 280 g/mol. The monoisotopic (exact) mass is 312 g/mol. The summed E-state index contributed by atoms with van der Waals surface area (Å²) in [6.07, 6.45) is 15.1. The van der Waals surface area contributed by atoms with Crippen LogP contribution in [0.15, 0.2) is 11.8 Å². The van der Waals surface area contributed by atoms with Crippen molar-refractivity contribution in [1.82, 2.24) is 0 Å². The van der Waals surface area contributed by atoms with Crippen molar-refractivity contribution in [3.63, 3.8) is 0 Å². The molecule has 0 rings (SSSR count). The van der Waals surface area contributed by atoms with Crippen molar-refractivity contribution >= 4 is 11.9 Å². The van der Waals surface area contributed by atoms with Gasteiger partial charge in [-0.1, -0.05) is 71.1 Å². The van der Waals surface area contributed by atoms with Gasteiger partial charge in [-0.15, -0.1) is 0 Å². The lowest BCUT2D eigenvalue weighted by atomic mass is 10.0. The van der Waals surface area contributed by atoms with Gasteiger partial charge in [0.2, 0.25) is 0 Å². The van der Waals surface area contributed by atoms with Crippen LogP contribution in [0.25, 0.3) is 0 Å². The molecule has 0 saturated carbocycles. The first-order valence-corrected chi connectivity index (χ1v) is 8.68. The van der Waals surface area contributed by atoms with Crippen molar-refractivity contribution in [3.8, 4) is 0 Å². The number of carbonyl (C=O) groups is 2. The van der Waals surface area contributed by atoms with Crippen molar-refractivity contribution in [2.45, 2.75) is 90.9 Å². The van der Waals surface area contributed by atoms with E-state index in [2.05, 4.69) is 6.92 Å². The number of carboxylic acid groups (broad SMARTS) is 1. The zero-order valence-corrected chi connectivity index (χ0v) is 14.2. The number of hydrogen-bond donors (Lipinski definition) is 1. The molecule has 4 heteroatoms. The van der Waals surface area contributed by atoms with Crippen LogP contribution in [0.5, 0.6) is 0 Å². The van der Waals surface area contributed by atoms with E-state index in [0.717, 1.165) is 25.3 Å². The van der Waals surface area contributed by atoms with E-state index < -0.39 is 11.9 Å². The van der Waals surface area contributed by atoms with Crippen LogP contribution < -0.4 is 0 Å². The lowest BCUT2D eigenvalue weighted by Gasteiger charge is -2.06. The number of esters is 1. The molecular formula is C18H32O4. The van der Waals surface area contributed by atoms with Crippen LogP contribution in [0.2, 0.25) is 0 Å². The van der Waals surface area contributed by atoms with Gasteiger partial charge in [0.25, 0.3) is 0 Å². The molecule has 0 amide bonds. The van der Waals surface area contributed by atoms with Gasteiger partial charge in [-0.2, -0.15) is 0 Å². The van der Waals surface area contributed by atoms with Crippen LogP contribution >= 0.6 is 0 Å². The van der Waals surface area contributed by atoms with E-state index in [1.165, 1.54) is 58.3 Å². The lowest BCUT2D eigenvalue weighted by molar-refractivity contribution is -0.137. The standard InChI is InChI=1S/C18H32O4/c1-3-4-5-6-7-8-9-10-11-12-13-14-17(15-18(20)21)22-16(2)19/h15H,3-14H2,1-2H3,(H,20,21). The predicted octanol–water partition coefficient (Wildman–Crippen LogP) is 5.22. The highest BCUT2D eigenvalue weighted by Gasteiger charge is 2.05. The molecule has 0 heterocycles. The fourth-order valence-corrected chi connectivity index (χ4v) is 2.44. The largest absolute Gasteiger partial charge is 0.478 e. The molecule has 0 spiro atoms. The summed E-state index contributed by atoms with van der Waals surface area (Å²) < 4.78 is 4.89. The Hall–Kier alpha value is -1.32. The molecule has 22 heavy (non-hydrogen) atoms. The van der Waals surface area contributed by atoms with Crippen LogP contribution in [0, 0.1) is 0 Å². The van der Waals surface area contributed by atoms with Crippen molar-refractivity contribution < 1.29 is 19.4 Å². The summed E-state index contributed by atoms with van der Waals surface area (Å²) in [5.74, 6) is -1.27. The summed E-state index contributed by atoms with van der Waals surface area (Å²) in [5.41, 5.74) is 0. The van der Waals surface area contributed by atoms with Gasteiger partial charge in [0.15, 0.2) is 0 Å². The topological polar surface area (TPSA) is 63.6 Å². The predicted molar refractivity (Wildman–Crippen MR) is 88.6 cm³/mol. The molecule has 0 fully saturated rings. The molecule has 0 aromatic carbocycles. The third kappa shape index (κ3) is 15.1. The van der Waals surface area contributed by atoms with E-state index in [9.17, 15) is 9.59 Å². The van der Waals surface area contributed by atoms with Crippen LogP contribution in [0.4, 0.5) is 0 Å². The minimum atomic E-state index is -1.07. The van der Waals surface area contributed by atoms with Gasteiger partial charge in [0.1, 0.15) is 5.76 Å². The molecule has 0 radical (unpaired) electrons. The Kier molecular flexibility index (Phi) is 13.7. The molecule has 0 aromatic heterocycles. The molecule has 0 aliphatic rings. The number of hydrogen-bond acceptors (Lipinski definition) is 3. The first kappa shape index (κ1) is 20.7. The fraction of sp³-hybridized carbons (Fsp3) is 0.778. The van der Waals surface area contributed by atoms with Crippen LogP contribution in [-0.4, -0.2) is 17.0 Å². The van der Waals surface area contributed by atoms with Crippen molar-refractivity contribution in [3.05, 3.63) is 11.8 Å². The second-order valence-electron chi connectivity index (χ2n) is 5.83. The minimum absolute atomic E-state index is 0.260. The lowest BCUT2D eigenvalue weighted by Crippen LogP contribution is -2.02. The Bertz CT molecular complexity index is 334. The zero-order valence-electron chi connectivity index (χ0n) is 14.2. The Morgan fingerprint density at radius 1 is 0.864 bits per heavy atom. The number of unbranched alkanes of at least 4 members (excludes halogenated alkanes) is 10. The summed E-state index contributed by atoms with van der Waals surface area (Å²) in [5, 5.41) is 8.71. The first-order valence-electron chi connectivity index (χ1n) is 8.68. The van der Waals surface area contributed by atoms with Gasteiger partial charge in [-0.3, -0.25) is 4.79 Å². The van der Waals surface area contributed by atoms with Gasteiger partial charge >= 0.3 is 11.9 Å². The molecule has 128 valence electrons. The van der Waals surface area contributed by atoms with Crippen LogP contribution in [0.1, 0.15) is 90.9 Å². The van der Waals surface area contributed by atoms with Gasteiger partial charge in [0.05, 0.1) is 6.08 Å². The summed E-state index contributed by atoms with van der Waals surface area (Å²) >= 11 is 0. The Labute approximate surface area is 134 Å². The fourth-order valence-electron chi connectivity index (χ4n) is 2.44. The number of rotatable bonds is 14. The smallest absolute Gasteiger partial charge is 0.331 e. The second kappa shape index (κ2) is 14.6. The summed E-state index contributed by atoms with van der Waals surface area (Å²) in [4.78, 5) is 21.5. The molecule has 0 aliphatic carbocycles. The van der Waals surface area contributed by atoms with Gasteiger partial charge in [-0.25, -0.2) is 4.79 Å². The number of carboxylic acids is 1. The summed E-state index contributed by atoms with van der Waals surface area (Å²) in [6, 6.07) is 0. The highest BCUT2D eigenvalue weighted by Crippen LogP contribution is 2.14. The zero-order chi connectivity index (χ0) is 16.6. The second-order valence-corrected chi connectivity index (χ2v) is 5.83. The maximum atomic E-state index is 10.9. The van der Waals surface area contributed by atoms with Crippen molar-refractivity contribution in [2.24, 2.45) is 0 Å². The summed E-state index contributed by atoms with van der Waals surface area (Å²) in [6.45, 7) is 3.52. The number of carbonyl (C=O) groups excluding carboxylic acids is 1. The van der Waals surface area contributed by atoms with E-state index in [0.29, 0.717) is 6.42 Å². The molecule has 0 atom stereocenters. The number of allylic oxidation sites excluding steroid dienone is 1. The number of aliphatic carboxylic acids is 1. The summed E-state index contributed by atoms with van der Waals surface area (Å²) in [7, 11) is 0. The maximum absolute atomic E-state index is 10.9. The van der Waals surface area contributed by atoms with Gasteiger partial charge in [0, 0.05) is 13.3 Å². The quantitative estimate of drug-likeness (QED) is 0.207. The average molecular weight is 312 g/mol. The molecule has 0 aliphatic heterocycles. The SMILES string of the molecule is CCCCCCCCCCCCCC(=CC(=O)O)OC(C)=O.